The summed E-state index contributed by atoms with van der Waals surface area (Å²) in [6.45, 7) is 2.36. The molecule has 2 aromatic heterocycles. The maximum absolute atomic E-state index is 13.0. The van der Waals surface area contributed by atoms with Crippen LogP contribution in [0.5, 0.6) is 0 Å². The molecule has 5 rings (SSSR count). The SMILES string of the molecule is Cc1ccc(S(=O)(=O)N2CCCC(C(=O)Nc3nnc(-c4cc5ccccc5o4)o3)C2)cc1. The van der Waals surface area contributed by atoms with Crippen molar-refractivity contribution in [2.45, 2.75) is 24.7 Å². The number of carbonyl (C=O) groups is 1. The van der Waals surface area contributed by atoms with Crippen LogP contribution in [-0.4, -0.2) is 41.9 Å². The number of hydrogen-bond acceptors (Lipinski definition) is 7. The number of benzene rings is 2. The van der Waals surface area contributed by atoms with Gasteiger partial charge in [0.15, 0.2) is 5.76 Å². The molecule has 1 amide bonds. The van der Waals surface area contributed by atoms with E-state index in [2.05, 4.69) is 15.5 Å². The molecule has 1 unspecified atom stereocenters. The number of aromatic nitrogens is 2. The summed E-state index contributed by atoms with van der Waals surface area (Å²) < 4.78 is 38.6. The van der Waals surface area contributed by atoms with E-state index >= 15 is 0 Å². The molecule has 1 saturated heterocycles. The van der Waals surface area contributed by atoms with Gasteiger partial charge in [-0.25, -0.2) is 8.42 Å². The third-order valence-electron chi connectivity index (χ3n) is 5.71. The van der Waals surface area contributed by atoms with Gasteiger partial charge in [-0.2, -0.15) is 4.31 Å². The first-order chi connectivity index (χ1) is 15.9. The van der Waals surface area contributed by atoms with Crippen molar-refractivity contribution in [1.82, 2.24) is 14.5 Å². The molecular weight excluding hydrogens is 444 g/mol. The van der Waals surface area contributed by atoms with Gasteiger partial charge >= 0.3 is 6.01 Å². The highest BCUT2D eigenvalue weighted by atomic mass is 32.2. The van der Waals surface area contributed by atoms with Crippen LogP contribution in [0.25, 0.3) is 22.6 Å². The average Bonchev–Trinajstić information content (AvgIpc) is 3.46. The van der Waals surface area contributed by atoms with E-state index in [4.69, 9.17) is 8.83 Å². The molecule has 0 spiro atoms. The number of rotatable bonds is 5. The van der Waals surface area contributed by atoms with Gasteiger partial charge in [0.05, 0.1) is 10.8 Å². The number of amides is 1. The molecule has 2 aromatic carbocycles. The van der Waals surface area contributed by atoms with E-state index in [0.717, 1.165) is 10.9 Å². The molecule has 1 aliphatic heterocycles. The Labute approximate surface area is 190 Å². The van der Waals surface area contributed by atoms with Gasteiger partial charge in [-0.05, 0) is 44.0 Å². The highest BCUT2D eigenvalue weighted by Crippen LogP contribution is 2.28. The van der Waals surface area contributed by atoms with Gasteiger partial charge in [0.2, 0.25) is 15.9 Å². The molecule has 0 saturated carbocycles. The fourth-order valence-corrected chi connectivity index (χ4v) is 5.43. The first-order valence-electron chi connectivity index (χ1n) is 10.6. The Hall–Kier alpha value is -3.50. The molecule has 0 radical (unpaired) electrons. The Kier molecular flexibility index (Phi) is 5.47. The Morgan fingerprint density at radius 3 is 2.67 bits per heavy atom. The Bertz CT molecular complexity index is 1380. The molecule has 4 aromatic rings. The van der Waals surface area contributed by atoms with E-state index in [1.54, 1.807) is 30.3 Å². The Morgan fingerprint density at radius 1 is 1.09 bits per heavy atom. The molecule has 9 nitrogen and oxygen atoms in total. The number of sulfonamides is 1. The first kappa shape index (κ1) is 21.4. The minimum atomic E-state index is -3.67. The number of piperidine rings is 1. The van der Waals surface area contributed by atoms with Crippen LogP contribution in [0.2, 0.25) is 0 Å². The van der Waals surface area contributed by atoms with Gasteiger partial charge in [0.1, 0.15) is 5.58 Å². The predicted octanol–water partition coefficient (Wildman–Crippen LogP) is 3.83. The van der Waals surface area contributed by atoms with Crippen molar-refractivity contribution in [2.75, 3.05) is 18.4 Å². The van der Waals surface area contributed by atoms with Crippen molar-refractivity contribution in [1.29, 1.82) is 0 Å². The largest absolute Gasteiger partial charge is 0.451 e. The lowest BCUT2D eigenvalue weighted by Crippen LogP contribution is -2.43. The highest BCUT2D eigenvalue weighted by molar-refractivity contribution is 7.89. The Morgan fingerprint density at radius 2 is 1.88 bits per heavy atom. The normalized spacial score (nSPS) is 17.3. The van der Waals surface area contributed by atoms with Crippen molar-refractivity contribution in [2.24, 2.45) is 5.92 Å². The molecule has 33 heavy (non-hydrogen) atoms. The predicted molar refractivity (Wildman–Crippen MR) is 121 cm³/mol. The van der Waals surface area contributed by atoms with E-state index in [9.17, 15) is 13.2 Å². The maximum atomic E-state index is 13.0. The van der Waals surface area contributed by atoms with Crippen molar-refractivity contribution in [3.63, 3.8) is 0 Å². The summed E-state index contributed by atoms with van der Waals surface area (Å²) in [6, 6.07) is 15.9. The second-order valence-corrected chi connectivity index (χ2v) is 10.0. The minimum Gasteiger partial charge on any atom is -0.451 e. The van der Waals surface area contributed by atoms with Crippen molar-refractivity contribution in [3.8, 4) is 11.7 Å². The molecular formula is C23H22N4O5S. The number of aryl methyl sites for hydroxylation is 1. The zero-order chi connectivity index (χ0) is 23.0. The van der Waals surface area contributed by atoms with Gasteiger partial charge in [-0.3, -0.25) is 10.1 Å². The molecule has 10 heteroatoms. The standard InChI is InChI=1S/C23H22N4O5S/c1-15-8-10-18(11-9-15)33(29,30)27-12-4-6-17(14-27)21(28)24-23-26-25-22(32-23)20-13-16-5-2-3-7-19(16)31-20/h2-3,5,7-11,13,17H,4,6,12,14H2,1H3,(H,24,26,28). The van der Waals surface area contributed by atoms with Gasteiger partial charge in [0, 0.05) is 18.5 Å². The number of anilines is 1. The lowest BCUT2D eigenvalue weighted by atomic mass is 9.99. The maximum Gasteiger partial charge on any atom is 0.322 e. The van der Waals surface area contributed by atoms with Gasteiger partial charge < -0.3 is 8.83 Å². The van der Waals surface area contributed by atoms with E-state index in [-0.39, 0.29) is 29.3 Å². The highest BCUT2D eigenvalue weighted by Gasteiger charge is 2.34. The number of fused-ring (bicyclic) bond motifs is 1. The van der Waals surface area contributed by atoms with Gasteiger partial charge in [-0.1, -0.05) is 41.0 Å². The van der Waals surface area contributed by atoms with E-state index in [0.29, 0.717) is 30.7 Å². The van der Waals surface area contributed by atoms with Crippen molar-refractivity contribution < 1.29 is 22.0 Å². The summed E-state index contributed by atoms with van der Waals surface area (Å²) in [5.74, 6) is -0.343. The number of hydrogen-bond donors (Lipinski definition) is 1. The van der Waals surface area contributed by atoms with Crippen LogP contribution < -0.4 is 5.32 Å². The lowest BCUT2D eigenvalue weighted by Gasteiger charge is -2.30. The van der Waals surface area contributed by atoms with Crippen molar-refractivity contribution in [3.05, 3.63) is 60.2 Å². The van der Waals surface area contributed by atoms with Crippen LogP contribution >= 0.6 is 0 Å². The third kappa shape index (κ3) is 4.27. The number of nitrogens with one attached hydrogen (secondary N) is 1. The molecule has 1 N–H and O–H groups in total. The number of para-hydroxylation sites is 1. The number of nitrogens with zero attached hydrogens (tertiary/aromatic N) is 3. The average molecular weight is 467 g/mol. The Balaban J connectivity index is 1.27. The monoisotopic (exact) mass is 466 g/mol. The fraction of sp³-hybridized carbons (Fsp3) is 0.261. The number of furan rings is 1. The summed E-state index contributed by atoms with van der Waals surface area (Å²) in [5.41, 5.74) is 1.67. The fourth-order valence-electron chi connectivity index (χ4n) is 3.90. The van der Waals surface area contributed by atoms with Crippen LogP contribution in [0, 0.1) is 12.8 Å². The lowest BCUT2D eigenvalue weighted by molar-refractivity contribution is -0.121. The summed E-state index contributed by atoms with van der Waals surface area (Å²) in [4.78, 5) is 13.0. The van der Waals surface area contributed by atoms with Crippen LogP contribution in [0.4, 0.5) is 6.01 Å². The van der Waals surface area contributed by atoms with Crippen molar-refractivity contribution >= 4 is 32.9 Å². The van der Waals surface area contributed by atoms with Gasteiger partial charge in [0.25, 0.3) is 5.89 Å². The third-order valence-corrected chi connectivity index (χ3v) is 7.58. The zero-order valence-electron chi connectivity index (χ0n) is 17.9. The summed E-state index contributed by atoms with van der Waals surface area (Å²) in [6.07, 6.45) is 1.15. The van der Waals surface area contributed by atoms with Gasteiger partial charge in [-0.15, -0.1) is 5.10 Å². The molecule has 1 aliphatic rings. The van der Waals surface area contributed by atoms with E-state index in [1.807, 2.05) is 31.2 Å². The quantitative estimate of drug-likeness (QED) is 0.475. The van der Waals surface area contributed by atoms with Crippen LogP contribution in [0.15, 0.2) is 68.3 Å². The second-order valence-electron chi connectivity index (χ2n) is 8.07. The van der Waals surface area contributed by atoms with E-state index in [1.165, 1.54) is 4.31 Å². The molecule has 1 fully saturated rings. The first-order valence-corrected chi connectivity index (χ1v) is 12.0. The molecule has 1 atom stereocenters. The van der Waals surface area contributed by atoms with E-state index < -0.39 is 15.9 Å². The van der Waals surface area contributed by atoms with Crippen LogP contribution in [0.3, 0.4) is 0 Å². The minimum absolute atomic E-state index is 0.0611. The van der Waals surface area contributed by atoms with Crippen LogP contribution in [-0.2, 0) is 14.8 Å². The smallest absolute Gasteiger partial charge is 0.322 e. The summed E-state index contributed by atoms with van der Waals surface area (Å²) in [5, 5.41) is 11.3. The molecule has 0 aliphatic carbocycles. The summed E-state index contributed by atoms with van der Waals surface area (Å²) >= 11 is 0. The number of carbonyl (C=O) groups excluding carboxylic acids is 1. The van der Waals surface area contributed by atoms with Crippen LogP contribution in [0.1, 0.15) is 18.4 Å². The summed E-state index contributed by atoms with van der Waals surface area (Å²) in [7, 11) is -3.67. The molecule has 170 valence electrons. The molecule has 3 heterocycles. The second kappa shape index (κ2) is 8.45. The molecule has 0 bridgehead atoms. The topological polar surface area (TPSA) is 119 Å². The zero-order valence-corrected chi connectivity index (χ0v) is 18.7.